The molecule has 0 saturated carbocycles. The fourth-order valence-corrected chi connectivity index (χ4v) is 1.53. The molecule has 0 bridgehead atoms. The average Bonchev–Trinajstić information content (AvgIpc) is 2.21. The highest BCUT2D eigenvalue weighted by atomic mass is 79.9. The van der Waals surface area contributed by atoms with Gasteiger partial charge in [0.2, 0.25) is 0 Å². The molecule has 1 nitrogen and oxygen atoms in total. The molecular weight excluding hydrogens is 238 g/mol. The van der Waals surface area contributed by atoms with E-state index in [9.17, 15) is 0 Å². The highest BCUT2D eigenvalue weighted by molar-refractivity contribution is 9.11. The molecule has 0 aliphatic carbocycles. The first kappa shape index (κ1) is 13.1. The minimum absolute atomic E-state index is 0.925. The van der Waals surface area contributed by atoms with E-state index < -0.39 is 0 Å². The highest BCUT2D eigenvalue weighted by Crippen LogP contribution is 2.19. The van der Waals surface area contributed by atoms with Gasteiger partial charge in [-0.1, -0.05) is 24.8 Å². The van der Waals surface area contributed by atoms with Crippen molar-refractivity contribution >= 4 is 21.6 Å². The lowest BCUT2D eigenvalue weighted by atomic mass is 10.1. The van der Waals surface area contributed by atoms with Crippen LogP contribution in [0, 0.1) is 0 Å². The van der Waals surface area contributed by atoms with E-state index in [2.05, 4.69) is 46.7 Å². The van der Waals surface area contributed by atoms with Crippen molar-refractivity contribution < 1.29 is 0 Å². The van der Waals surface area contributed by atoms with E-state index in [0.717, 1.165) is 28.7 Å². The summed E-state index contributed by atoms with van der Waals surface area (Å²) >= 11 is 3.36. The van der Waals surface area contributed by atoms with Gasteiger partial charge in [0.05, 0.1) is 0 Å². The Balaban J connectivity index is 0.000000791. The summed E-state index contributed by atoms with van der Waals surface area (Å²) in [6.07, 6.45) is 8.10. The van der Waals surface area contributed by atoms with Crippen LogP contribution < -0.4 is 0 Å². The number of rotatable bonds is 2. The molecule has 0 spiro atoms. The molecule has 2 heteroatoms. The van der Waals surface area contributed by atoms with Crippen LogP contribution in [0.3, 0.4) is 0 Å². The maximum absolute atomic E-state index is 4.34. The normalized spacial score (nSPS) is 15.3. The molecule has 1 rings (SSSR count). The molecule has 0 fully saturated rings. The maximum Gasteiger partial charge on any atom is 0.102 e. The van der Waals surface area contributed by atoms with Crippen LogP contribution in [0.4, 0.5) is 0 Å². The third kappa shape index (κ3) is 4.38. The predicted octanol–water partition coefficient (Wildman–Crippen LogP) is 4.39. The third-order valence-electron chi connectivity index (χ3n) is 1.67. The van der Waals surface area contributed by atoms with Gasteiger partial charge in [0, 0.05) is 5.71 Å². The molecule has 0 aromatic heterocycles. The van der Waals surface area contributed by atoms with Crippen molar-refractivity contribution in [2.24, 2.45) is 4.99 Å². The van der Waals surface area contributed by atoms with Gasteiger partial charge in [-0.3, -0.25) is 0 Å². The van der Waals surface area contributed by atoms with Crippen LogP contribution in [0.1, 0.15) is 19.8 Å². The molecule has 0 aromatic rings. The molecule has 0 atom stereocenters. The average molecular weight is 254 g/mol. The summed E-state index contributed by atoms with van der Waals surface area (Å²) in [6, 6.07) is 0. The lowest BCUT2D eigenvalue weighted by Gasteiger charge is -2.09. The Morgan fingerprint density at radius 2 is 2.21 bits per heavy atom. The number of allylic oxidation sites excluding steroid dienone is 4. The van der Waals surface area contributed by atoms with Crippen molar-refractivity contribution in [3.05, 3.63) is 48.1 Å². The molecule has 1 aliphatic rings. The second-order valence-corrected chi connectivity index (χ2v) is 3.46. The molecule has 0 unspecified atom stereocenters. The van der Waals surface area contributed by atoms with Gasteiger partial charge < -0.3 is 0 Å². The molecule has 0 N–H and O–H groups in total. The van der Waals surface area contributed by atoms with Crippen LogP contribution in [0.2, 0.25) is 0 Å². The zero-order chi connectivity index (χ0) is 11.0. The number of aliphatic imine (C=N–C) groups is 1. The number of hydrogen-bond acceptors (Lipinski definition) is 1. The van der Waals surface area contributed by atoms with Crippen molar-refractivity contribution in [3.63, 3.8) is 0 Å². The Hall–Kier alpha value is -0.890. The van der Waals surface area contributed by atoms with Crippen molar-refractivity contribution in [2.75, 3.05) is 0 Å². The first-order valence-corrected chi connectivity index (χ1v) is 5.28. The van der Waals surface area contributed by atoms with Crippen LogP contribution in [0.15, 0.2) is 53.1 Å². The minimum atomic E-state index is 0.925. The van der Waals surface area contributed by atoms with Crippen LogP contribution in [-0.4, -0.2) is 5.71 Å². The van der Waals surface area contributed by atoms with Crippen molar-refractivity contribution in [2.45, 2.75) is 19.8 Å². The number of hydrogen-bond donors (Lipinski definition) is 0. The summed E-state index contributed by atoms with van der Waals surface area (Å²) < 4.78 is 0.925. The molecule has 0 aromatic carbocycles. The second kappa shape index (κ2) is 7.51. The van der Waals surface area contributed by atoms with Gasteiger partial charge in [-0.25, -0.2) is 4.99 Å². The molecule has 1 heterocycles. The molecule has 0 radical (unpaired) electrons. The Bertz CT molecular complexity index is 285. The molecule has 1 aliphatic heterocycles. The van der Waals surface area contributed by atoms with E-state index in [-0.39, 0.29) is 0 Å². The summed E-state index contributed by atoms with van der Waals surface area (Å²) in [5.74, 6) is 0. The van der Waals surface area contributed by atoms with Crippen molar-refractivity contribution in [1.82, 2.24) is 0 Å². The topological polar surface area (TPSA) is 12.4 Å². The predicted molar refractivity (Wildman–Crippen MR) is 68.9 cm³/mol. The largest absolute Gasteiger partial charge is 0.246 e. The summed E-state index contributed by atoms with van der Waals surface area (Å²) in [4.78, 5) is 4.34. The fraction of sp³-hybridized carbons (Fsp3) is 0.250. The van der Waals surface area contributed by atoms with E-state index in [1.165, 1.54) is 0 Å². The Morgan fingerprint density at radius 3 is 2.71 bits per heavy atom. The zero-order valence-corrected chi connectivity index (χ0v) is 10.2. The molecular formula is C12H16BrN. The smallest absolute Gasteiger partial charge is 0.102 e. The second-order valence-electron chi connectivity index (χ2n) is 2.65. The number of halogens is 1. The van der Waals surface area contributed by atoms with Crippen molar-refractivity contribution in [1.29, 1.82) is 0 Å². The van der Waals surface area contributed by atoms with E-state index in [1.54, 1.807) is 0 Å². The lowest BCUT2D eigenvalue weighted by molar-refractivity contribution is 1.05. The standard InChI is InChI=1S/C10H12BrN.C2H4/c1-3-5-8(2)9-6-4-7-10(11)12-9;1-2/h3,5,7H,2,4,6H2,1H3;1-2H2/b5-3-;. The van der Waals surface area contributed by atoms with E-state index in [4.69, 9.17) is 0 Å². The van der Waals surface area contributed by atoms with E-state index >= 15 is 0 Å². The monoisotopic (exact) mass is 253 g/mol. The first-order valence-electron chi connectivity index (χ1n) is 4.49. The summed E-state index contributed by atoms with van der Waals surface area (Å²) in [5, 5.41) is 0. The third-order valence-corrected chi connectivity index (χ3v) is 2.18. The van der Waals surface area contributed by atoms with Crippen LogP contribution in [0.5, 0.6) is 0 Å². The van der Waals surface area contributed by atoms with Gasteiger partial charge in [-0.2, -0.15) is 0 Å². The Kier molecular flexibility index (Phi) is 7.03. The molecule has 76 valence electrons. The van der Waals surface area contributed by atoms with Gasteiger partial charge in [0.1, 0.15) is 4.61 Å². The maximum atomic E-state index is 4.34. The fourth-order valence-electron chi connectivity index (χ4n) is 1.09. The van der Waals surface area contributed by atoms with Gasteiger partial charge in [0.25, 0.3) is 0 Å². The Labute approximate surface area is 94.8 Å². The summed E-state index contributed by atoms with van der Waals surface area (Å²) in [6.45, 7) is 11.9. The van der Waals surface area contributed by atoms with Gasteiger partial charge >= 0.3 is 0 Å². The molecule has 0 amide bonds. The van der Waals surface area contributed by atoms with Crippen LogP contribution in [0.25, 0.3) is 0 Å². The lowest BCUT2D eigenvalue weighted by Crippen LogP contribution is -2.02. The molecule has 14 heavy (non-hydrogen) atoms. The molecule has 0 saturated heterocycles. The van der Waals surface area contributed by atoms with Gasteiger partial charge in [0.15, 0.2) is 0 Å². The zero-order valence-electron chi connectivity index (χ0n) is 8.59. The van der Waals surface area contributed by atoms with Gasteiger partial charge in [-0.05, 0) is 41.3 Å². The van der Waals surface area contributed by atoms with E-state index in [0.29, 0.717) is 0 Å². The van der Waals surface area contributed by atoms with Crippen LogP contribution >= 0.6 is 15.9 Å². The quantitative estimate of drug-likeness (QED) is 0.393. The minimum Gasteiger partial charge on any atom is -0.246 e. The van der Waals surface area contributed by atoms with Crippen molar-refractivity contribution in [3.8, 4) is 0 Å². The van der Waals surface area contributed by atoms with E-state index in [1.807, 2.05) is 19.1 Å². The van der Waals surface area contributed by atoms with Crippen LogP contribution in [-0.2, 0) is 0 Å². The summed E-state index contributed by atoms with van der Waals surface area (Å²) in [7, 11) is 0. The summed E-state index contributed by atoms with van der Waals surface area (Å²) in [5.41, 5.74) is 2.10. The Morgan fingerprint density at radius 1 is 1.57 bits per heavy atom. The number of nitrogens with zero attached hydrogens (tertiary/aromatic N) is 1. The SMILES string of the molecule is C=C.C=C(/C=C\C)C1=NC(Br)=CCC1. The van der Waals surface area contributed by atoms with Gasteiger partial charge in [-0.15, -0.1) is 13.2 Å². The first-order chi connectivity index (χ1) is 6.74. The highest BCUT2D eigenvalue weighted by Gasteiger charge is 2.06.